The summed E-state index contributed by atoms with van der Waals surface area (Å²) in [5.74, 6) is 0.679. The highest BCUT2D eigenvalue weighted by atomic mass is 16.2. The fraction of sp³-hybridized carbons (Fsp3) is 0.348. The Morgan fingerprint density at radius 2 is 2.04 bits per heavy atom. The number of anilines is 1. The van der Waals surface area contributed by atoms with Crippen LogP contribution in [0.4, 0.5) is 10.5 Å². The number of likely N-dealkylation sites (N-methyl/N-ethyl adjacent to an activating group) is 1. The van der Waals surface area contributed by atoms with Crippen LogP contribution < -0.4 is 10.6 Å². The number of benzene rings is 2. The number of rotatable bonds is 5. The molecule has 0 saturated heterocycles. The third kappa shape index (κ3) is 3.76. The van der Waals surface area contributed by atoms with Crippen molar-refractivity contribution in [3.05, 3.63) is 76.4 Å². The maximum absolute atomic E-state index is 12.4. The quantitative estimate of drug-likeness (QED) is 0.776. The van der Waals surface area contributed by atoms with Crippen LogP contribution in [0.15, 0.2) is 54.1 Å². The van der Waals surface area contributed by atoms with Crippen molar-refractivity contribution in [3.63, 3.8) is 0 Å². The molecule has 0 aliphatic heterocycles. The Kier molecular flexibility index (Phi) is 4.75. The van der Waals surface area contributed by atoms with Crippen LogP contribution in [0.2, 0.25) is 0 Å². The summed E-state index contributed by atoms with van der Waals surface area (Å²) in [6.07, 6.45) is 4.66. The standard InChI is InChI=1S/C23H27N3O/c1-15-6-4-5-7-21(15)25-23(27)24-14-22(26(2)3)18-10-11-19-16(12-18)8-9-17-13-20(17)19/h4-7,9-12,20,22H,8,13-14H2,1-3H3,(H2,24,25,27). The molecule has 4 rings (SSSR count). The molecular weight excluding hydrogens is 334 g/mol. The lowest BCUT2D eigenvalue weighted by atomic mass is 9.92. The molecule has 4 nitrogen and oxygen atoms in total. The average molecular weight is 361 g/mol. The van der Waals surface area contributed by atoms with Crippen LogP contribution in [-0.4, -0.2) is 31.6 Å². The molecule has 2 aliphatic rings. The summed E-state index contributed by atoms with van der Waals surface area (Å²) < 4.78 is 0. The van der Waals surface area contributed by atoms with Crippen molar-refractivity contribution in [1.29, 1.82) is 0 Å². The van der Waals surface area contributed by atoms with Gasteiger partial charge in [-0.05, 0) is 62.2 Å². The molecule has 2 aromatic carbocycles. The van der Waals surface area contributed by atoms with Gasteiger partial charge in [0.25, 0.3) is 0 Å². The van der Waals surface area contributed by atoms with Gasteiger partial charge in [-0.1, -0.05) is 48.0 Å². The van der Waals surface area contributed by atoms with Gasteiger partial charge in [0.15, 0.2) is 0 Å². The second-order valence-electron chi connectivity index (χ2n) is 7.83. The highest BCUT2D eigenvalue weighted by Crippen LogP contribution is 2.51. The molecule has 2 N–H and O–H groups in total. The number of nitrogens with one attached hydrogen (secondary N) is 2. The van der Waals surface area contributed by atoms with Crippen molar-refractivity contribution in [2.45, 2.75) is 31.7 Å². The topological polar surface area (TPSA) is 44.4 Å². The number of fused-ring (bicyclic) bond motifs is 3. The second-order valence-corrected chi connectivity index (χ2v) is 7.83. The first kappa shape index (κ1) is 17.8. The van der Waals surface area contributed by atoms with Crippen molar-refractivity contribution in [1.82, 2.24) is 10.2 Å². The summed E-state index contributed by atoms with van der Waals surface area (Å²) in [6, 6.07) is 14.6. The van der Waals surface area contributed by atoms with E-state index in [-0.39, 0.29) is 12.1 Å². The van der Waals surface area contributed by atoms with E-state index in [0.29, 0.717) is 12.5 Å². The molecule has 0 heterocycles. The van der Waals surface area contributed by atoms with Crippen molar-refractivity contribution in [2.24, 2.45) is 0 Å². The Morgan fingerprint density at radius 3 is 2.81 bits per heavy atom. The maximum atomic E-state index is 12.4. The molecule has 140 valence electrons. The van der Waals surface area contributed by atoms with Gasteiger partial charge in [-0.25, -0.2) is 4.79 Å². The van der Waals surface area contributed by atoms with Gasteiger partial charge in [0.05, 0.1) is 6.04 Å². The normalized spacial score (nSPS) is 18.2. The number of carbonyl (C=O) groups is 1. The highest BCUT2D eigenvalue weighted by Gasteiger charge is 2.35. The number of hydrogen-bond acceptors (Lipinski definition) is 2. The number of hydrogen-bond donors (Lipinski definition) is 2. The Bertz CT molecular complexity index is 900. The molecule has 4 heteroatoms. The minimum absolute atomic E-state index is 0.141. The number of aryl methyl sites for hydroxylation is 1. The van der Waals surface area contributed by atoms with Gasteiger partial charge in [0.1, 0.15) is 0 Å². The number of carbonyl (C=O) groups excluding carboxylic acids is 1. The van der Waals surface area contributed by atoms with Crippen LogP contribution in [0.5, 0.6) is 0 Å². The fourth-order valence-corrected chi connectivity index (χ4v) is 3.97. The van der Waals surface area contributed by atoms with E-state index in [1.54, 1.807) is 5.57 Å². The zero-order chi connectivity index (χ0) is 19.0. The third-order valence-electron chi connectivity index (χ3n) is 5.71. The fourth-order valence-electron chi connectivity index (χ4n) is 3.97. The minimum atomic E-state index is -0.167. The second kappa shape index (κ2) is 7.20. The number of para-hydroxylation sites is 1. The summed E-state index contributed by atoms with van der Waals surface area (Å²) >= 11 is 0. The number of amides is 2. The SMILES string of the molecule is Cc1ccccc1NC(=O)NCC(c1ccc2c(c1)CC=C1CC12)N(C)C. The van der Waals surface area contributed by atoms with E-state index in [1.165, 1.54) is 23.1 Å². The predicted molar refractivity (Wildman–Crippen MR) is 110 cm³/mol. The van der Waals surface area contributed by atoms with E-state index >= 15 is 0 Å². The molecule has 1 saturated carbocycles. The summed E-state index contributed by atoms with van der Waals surface area (Å²) in [5, 5.41) is 5.97. The zero-order valence-corrected chi connectivity index (χ0v) is 16.3. The highest BCUT2D eigenvalue weighted by molar-refractivity contribution is 5.90. The molecule has 1 fully saturated rings. The Morgan fingerprint density at radius 1 is 1.22 bits per heavy atom. The number of nitrogens with zero attached hydrogens (tertiary/aromatic N) is 1. The van der Waals surface area contributed by atoms with E-state index in [1.807, 2.05) is 31.2 Å². The molecule has 0 aromatic heterocycles. The van der Waals surface area contributed by atoms with Crippen molar-refractivity contribution in [3.8, 4) is 0 Å². The molecule has 2 aromatic rings. The molecule has 27 heavy (non-hydrogen) atoms. The van der Waals surface area contributed by atoms with Crippen molar-refractivity contribution >= 4 is 11.7 Å². The van der Waals surface area contributed by atoms with E-state index in [4.69, 9.17) is 0 Å². The average Bonchev–Trinajstić information content (AvgIpc) is 3.43. The molecule has 2 aliphatic carbocycles. The summed E-state index contributed by atoms with van der Waals surface area (Å²) in [4.78, 5) is 14.5. The number of urea groups is 1. The lowest BCUT2D eigenvalue weighted by Gasteiger charge is -2.26. The molecule has 2 unspecified atom stereocenters. The summed E-state index contributed by atoms with van der Waals surface area (Å²) in [5.41, 5.74) is 7.70. The molecule has 0 bridgehead atoms. The van der Waals surface area contributed by atoms with Gasteiger partial charge >= 0.3 is 6.03 Å². The van der Waals surface area contributed by atoms with Crippen molar-refractivity contribution < 1.29 is 4.79 Å². The Hall–Kier alpha value is -2.59. The van der Waals surface area contributed by atoms with Crippen molar-refractivity contribution in [2.75, 3.05) is 26.0 Å². The first-order chi connectivity index (χ1) is 13.0. The van der Waals surface area contributed by atoms with Crippen LogP contribution >= 0.6 is 0 Å². The predicted octanol–water partition coefficient (Wildman–Crippen LogP) is 4.39. The van der Waals surface area contributed by atoms with Crippen LogP contribution in [-0.2, 0) is 6.42 Å². The van der Waals surface area contributed by atoms with Crippen LogP contribution in [0, 0.1) is 6.92 Å². The molecule has 0 spiro atoms. The van der Waals surface area contributed by atoms with Gasteiger partial charge in [-0.3, -0.25) is 0 Å². The van der Waals surface area contributed by atoms with Crippen LogP contribution in [0.3, 0.4) is 0 Å². The van der Waals surface area contributed by atoms with Crippen LogP contribution in [0.1, 0.15) is 40.6 Å². The zero-order valence-electron chi connectivity index (χ0n) is 16.3. The Balaban J connectivity index is 1.43. The summed E-state index contributed by atoms with van der Waals surface area (Å²) in [6.45, 7) is 2.55. The molecule has 2 atom stereocenters. The van der Waals surface area contributed by atoms with E-state index < -0.39 is 0 Å². The largest absolute Gasteiger partial charge is 0.336 e. The Labute approximate surface area is 161 Å². The maximum Gasteiger partial charge on any atom is 0.319 e. The molecular formula is C23H27N3O. The van der Waals surface area contributed by atoms with Gasteiger partial charge in [-0.15, -0.1) is 0 Å². The number of allylic oxidation sites excluding steroid dienone is 2. The van der Waals surface area contributed by atoms with Gasteiger partial charge < -0.3 is 15.5 Å². The smallest absolute Gasteiger partial charge is 0.319 e. The monoisotopic (exact) mass is 361 g/mol. The minimum Gasteiger partial charge on any atom is -0.336 e. The molecule has 0 radical (unpaired) electrons. The summed E-state index contributed by atoms with van der Waals surface area (Å²) in [7, 11) is 4.12. The first-order valence-corrected chi connectivity index (χ1v) is 9.61. The van der Waals surface area contributed by atoms with Gasteiger partial charge in [0, 0.05) is 18.2 Å². The third-order valence-corrected chi connectivity index (χ3v) is 5.71. The van der Waals surface area contributed by atoms with E-state index in [2.05, 4.69) is 53.9 Å². The van der Waals surface area contributed by atoms with E-state index in [0.717, 1.165) is 17.7 Å². The first-order valence-electron chi connectivity index (χ1n) is 9.61. The lowest BCUT2D eigenvalue weighted by molar-refractivity contribution is 0.243. The lowest BCUT2D eigenvalue weighted by Crippen LogP contribution is -2.37. The van der Waals surface area contributed by atoms with E-state index in [9.17, 15) is 4.79 Å². The van der Waals surface area contributed by atoms with Crippen LogP contribution in [0.25, 0.3) is 0 Å². The van der Waals surface area contributed by atoms with Gasteiger partial charge in [0.2, 0.25) is 0 Å². The molecule has 2 amide bonds. The van der Waals surface area contributed by atoms with Gasteiger partial charge in [-0.2, -0.15) is 0 Å².